The highest BCUT2D eigenvalue weighted by molar-refractivity contribution is 5.53. The summed E-state index contributed by atoms with van der Waals surface area (Å²) in [6.45, 7) is 6.76. The minimum absolute atomic E-state index is 0.154. The van der Waals surface area contributed by atoms with E-state index in [2.05, 4.69) is 0 Å². The Kier molecular flexibility index (Phi) is 4.62. The van der Waals surface area contributed by atoms with Crippen LogP contribution in [0, 0.1) is 13.8 Å². The normalized spacial score (nSPS) is 12.5. The maximum Gasteiger partial charge on any atom is 0.123 e. The Hall–Kier alpha value is -1.22. The predicted octanol–water partition coefficient (Wildman–Crippen LogP) is 2.69. The molecule has 0 aliphatic rings. The molecule has 0 heterocycles. The van der Waals surface area contributed by atoms with Crippen LogP contribution in [0.15, 0.2) is 12.1 Å². The zero-order valence-electron chi connectivity index (χ0n) is 10.5. The van der Waals surface area contributed by atoms with Crippen LogP contribution in [-0.2, 0) is 4.74 Å². The van der Waals surface area contributed by atoms with Crippen LogP contribution in [0.3, 0.4) is 0 Å². The molecule has 1 aromatic rings. The van der Waals surface area contributed by atoms with Crippen molar-refractivity contribution in [2.45, 2.75) is 33.3 Å². The Morgan fingerprint density at radius 2 is 1.94 bits per heavy atom. The lowest BCUT2D eigenvalue weighted by atomic mass is 10.1. The Morgan fingerprint density at radius 3 is 2.56 bits per heavy atom. The average Bonchev–Trinajstić information content (AvgIpc) is 2.23. The topological polar surface area (TPSA) is 44.5 Å². The molecule has 0 saturated carbocycles. The average molecular weight is 223 g/mol. The van der Waals surface area contributed by atoms with E-state index >= 15 is 0 Å². The molecular weight excluding hydrogens is 202 g/mol. The van der Waals surface area contributed by atoms with Gasteiger partial charge in [-0.15, -0.1) is 0 Å². The van der Waals surface area contributed by atoms with Crippen molar-refractivity contribution in [2.75, 3.05) is 19.5 Å². The van der Waals surface area contributed by atoms with Crippen molar-refractivity contribution in [3.8, 4) is 5.75 Å². The zero-order chi connectivity index (χ0) is 12.1. The third-order valence-electron chi connectivity index (χ3n) is 2.62. The van der Waals surface area contributed by atoms with Gasteiger partial charge in [0.05, 0.1) is 6.10 Å². The van der Waals surface area contributed by atoms with Gasteiger partial charge in [-0.1, -0.05) is 0 Å². The first kappa shape index (κ1) is 12.8. The number of rotatable bonds is 5. The summed E-state index contributed by atoms with van der Waals surface area (Å²) in [5.74, 6) is 0.912. The van der Waals surface area contributed by atoms with Gasteiger partial charge in [-0.05, 0) is 44.0 Å². The molecule has 2 N–H and O–H groups in total. The van der Waals surface area contributed by atoms with Crippen LogP contribution in [0.5, 0.6) is 5.75 Å². The van der Waals surface area contributed by atoms with E-state index in [-0.39, 0.29) is 6.10 Å². The maximum absolute atomic E-state index is 5.85. The summed E-state index contributed by atoms with van der Waals surface area (Å²) in [6, 6.07) is 3.95. The van der Waals surface area contributed by atoms with Crippen LogP contribution in [0.4, 0.5) is 5.69 Å². The second-order valence-corrected chi connectivity index (χ2v) is 4.18. The van der Waals surface area contributed by atoms with Crippen molar-refractivity contribution in [3.05, 3.63) is 23.3 Å². The number of nitrogens with two attached hydrogens (primary N) is 1. The molecule has 90 valence electrons. The summed E-state index contributed by atoms with van der Waals surface area (Å²) in [5.41, 5.74) is 8.77. The summed E-state index contributed by atoms with van der Waals surface area (Å²) in [4.78, 5) is 0. The fourth-order valence-electron chi connectivity index (χ4n) is 1.50. The van der Waals surface area contributed by atoms with Crippen molar-refractivity contribution in [1.82, 2.24) is 0 Å². The Morgan fingerprint density at radius 1 is 1.25 bits per heavy atom. The molecule has 1 aromatic carbocycles. The number of anilines is 1. The molecule has 0 amide bonds. The molecule has 3 heteroatoms. The lowest BCUT2D eigenvalue weighted by Gasteiger charge is -2.17. The monoisotopic (exact) mass is 223 g/mol. The van der Waals surface area contributed by atoms with Crippen LogP contribution >= 0.6 is 0 Å². The lowest BCUT2D eigenvalue weighted by Crippen LogP contribution is -2.15. The molecule has 0 saturated heterocycles. The first-order valence-corrected chi connectivity index (χ1v) is 5.57. The van der Waals surface area contributed by atoms with E-state index in [1.165, 1.54) is 0 Å². The smallest absolute Gasteiger partial charge is 0.123 e. The quantitative estimate of drug-likeness (QED) is 0.780. The first-order valence-electron chi connectivity index (χ1n) is 5.57. The van der Waals surface area contributed by atoms with Gasteiger partial charge in [0.2, 0.25) is 0 Å². The largest absolute Gasteiger partial charge is 0.490 e. The predicted molar refractivity (Wildman–Crippen MR) is 66.9 cm³/mol. The van der Waals surface area contributed by atoms with Crippen LogP contribution in [0.25, 0.3) is 0 Å². The van der Waals surface area contributed by atoms with E-state index < -0.39 is 0 Å². The Bertz CT molecular complexity index is 350. The van der Waals surface area contributed by atoms with Crippen LogP contribution in [0.1, 0.15) is 24.5 Å². The van der Waals surface area contributed by atoms with E-state index in [9.17, 15) is 0 Å². The number of hydrogen-bond donors (Lipinski definition) is 1. The lowest BCUT2D eigenvalue weighted by molar-refractivity contribution is 0.134. The molecule has 0 aliphatic heterocycles. The molecule has 0 radical (unpaired) electrons. The highest BCUT2D eigenvalue weighted by Gasteiger charge is 2.08. The van der Waals surface area contributed by atoms with Crippen molar-refractivity contribution in [2.24, 2.45) is 0 Å². The molecular formula is C13H21NO2. The fourth-order valence-corrected chi connectivity index (χ4v) is 1.50. The minimum atomic E-state index is 0.154. The van der Waals surface area contributed by atoms with Crippen molar-refractivity contribution >= 4 is 5.69 Å². The van der Waals surface area contributed by atoms with E-state index in [0.717, 1.165) is 29.0 Å². The van der Waals surface area contributed by atoms with Crippen molar-refractivity contribution in [1.29, 1.82) is 0 Å². The molecule has 0 spiro atoms. The van der Waals surface area contributed by atoms with Gasteiger partial charge in [0, 0.05) is 25.8 Å². The Balaban J connectivity index is 2.69. The SMILES string of the molecule is COCCC(C)Oc1cc(C)c(N)cc1C. The van der Waals surface area contributed by atoms with Gasteiger partial charge in [0.25, 0.3) is 0 Å². The molecule has 1 rings (SSSR count). The van der Waals surface area contributed by atoms with Crippen molar-refractivity contribution < 1.29 is 9.47 Å². The molecule has 0 bridgehead atoms. The fraction of sp³-hybridized carbons (Fsp3) is 0.538. The zero-order valence-corrected chi connectivity index (χ0v) is 10.5. The van der Waals surface area contributed by atoms with Gasteiger partial charge >= 0.3 is 0 Å². The number of nitrogen functional groups attached to an aromatic ring is 1. The van der Waals surface area contributed by atoms with E-state index in [1.807, 2.05) is 32.9 Å². The molecule has 0 aromatic heterocycles. The molecule has 0 fully saturated rings. The highest BCUT2D eigenvalue weighted by Crippen LogP contribution is 2.25. The van der Waals surface area contributed by atoms with Gasteiger partial charge in [-0.2, -0.15) is 0 Å². The Labute approximate surface area is 97.6 Å². The maximum atomic E-state index is 5.85. The van der Waals surface area contributed by atoms with Gasteiger partial charge in [-0.3, -0.25) is 0 Å². The first-order chi connectivity index (χ1) is 7.54. The molecule has 3 nitrogen and oxygen atoms in total. The molecule has 16 heavy (non-hydrogen) atoms. The second-order valence-electron chi connectivity index (χ2n) is 4.18. The summed E-state index contributed by atoms with van der Waals surface area (Å²) in [6.07, 6.45) is 1.04. The number of benzene rings is 1. The van der Waals surface area contributed by atoms with E-state index in [1.54, 1.807) is 7.11 Å². The summed E-state index contributed by atoms with van der Waals surface area (Å²) >= 11 is 0. The summed E-state index contributed by atoms with van der Waals surface area (Å²) < 4.78 is 10.9. The standard InChI is InChI=1S/C13H21NO2/c1-9-8-13(10(2)7-12(9)14)16-11(3)5-6-15-4/h7-8,11H,5-6,14H2,1-4H3. The van der Waals surface area contributed by atoms with Gasteiger partial charge in [-0.25, -0.2) is 0 Å². The van der Waals surface area contributed by atoms with Crippen LogP contribution in [-0.4, -0.2) is 19.8 Å². The van der Waals surface area contributed by atoms with Gasteiger partial charge < -0.3 is 15.2 Å². The second kappa shape index (κ2) is 5.75. The number of aryl methyl sites for hydroxylation is 2. The highest BCUT2D eigenvalue weighted by atomic mass is 16.5. The van der Waals surface area contributed by atoms with E-state index in [0.29, 0.717) is 6.61 Å². The molecule has 1 unspecified atom stereocenters. The van der Waals surface area contributed by atoms with Crippen molar-refractivity contribution in [3.63, 3.8) is 0 Å². The number of ether oxygens (including phenoxy) is 2. The van der Waals surface area contributed by atoms with Crippen LogP contribution < -0.4 is 10.5 Å². The van der Waals surface area contributed by atoms with Gasteiger partial charge in [0.15, 0.2) is 0 Å². The van der Waals surface area contributed by atoms with Crippen LogP contribution in [0.2, 0.25) is 0 Å². The molecule has 0 aliphatic carbocycles. The van der Waals surface area contributed by atoms with Gasteiger partial charge in [0.1, 0.15) is 5.75 Å². The molecule has 1 atom stereocenters. The number of hydrogen-bond acceptors (Lipinski definition) is 3. The third-order valence-corrected chi connectivity index (χ3v) is 2.62. The van der Waals surface area contributed by atoms with E-state index in [4.69, 9.17) is 15.2 Å². The minimum Gasteiger partial charge on any atom is -0.490 e. The summed E-state index contributed by atoms with van der Waals surface area (Å²) in [7, 11) is 1.70. The summed E-state index contributed by atoms with van der Waals surface area (Å²) in [5, 5.41) is 0. The number of methoxy groups -OCH3 is 1. The third kappa shape index (κ3) is 3.42.